The second-order valence-corrected chi connectivity index (χ2v) is 6.51. The molecule has 2 fully saturated rings. The van der Waals surface area contributed by atoms with Gasteiger partial charge >= 0.3 is 0 Å². The van der Waals surface area contributed by atoms with E-state index < -0.39 is 0 Å². The summed E-state index contributed by atoms with van der Waals surface area (Å²) in [4.78, 5) is 2.67. The van der Waals surface area contributed by atoms with Crippen LogP contribution in [0.15, 0.2) is 18.2 Å². The van der Waals surface area contributed by atoms with Gasteiger partial charge in [-0.1, -0.05) is 6.07 Å². The molecule has 110 valence electrons. The van der Waals surface area contributed by atoms with Gasteiger partial charge in [-0.2, -0.15) is 0 Å². The molecule has 1 aromatic carbocycles. The fourth-order valence-electron chi connectivity index (χ4n) is 3.20. The summed E-state index contributed by atoms with van der Waals surface area (Å²) in [5.41, 5.74) is 8.15. The van der Waals surface area contributed by atoms with Gasteiger partial charge in [-0.15, -0.1) is 0 Å². The Hall–Kier alpha value is -1.22. The number of nitrogens with zero attached hydrogens (tertiary/aromatic N) is 1. The van der Waals surface area contributed by atoms with E-state index in [-0.39, 0.29) is 6.10 Å². The number of benzene rings is 1. The van der Waals surface area contributed by atoms with Crippen molar-refractivity contribution in [2.24, 2.45) is 0 Å². The van der Waals surface area contributed by atoms with Gasteiger partial charge in [-0.25, -0.2) is 0 Å². The molecule has 0 bridgehead atoms. The molecule has 3 nitrogen and oxygen atoms in total. The molecular weight excluding hydrogens is 248 g/mol. The quantitative estimate of drug-likeness (QED) is 0.855. The van der Waals surface area contributed by atoms with Crippen LogP contribution in [0.1, 0.15) is 51.0 Å². The van der Waals surface area contributed by atoms with E-state index in [0.29, 0.717) is 5.92 Å². The number of ether oxygens (including phenoxy) is 1. The maximum atomic E-state index is 6.00. The van der Waals surface area contributed by atoms with E-state index >= 15 is 0 Å². The Balaban J connectivity index is 1.67. The van der Waals surface area contributed by atoms with E-state index in [2.05, 4.69) is 17.0 Å². The highest BCUT2D eigenvalue weighted by molar-refractivity contribution is 5.54. The van der Waals surface area contributed by atoms with Crippen LogP contribution < -0.4 is 10.5 Å². The molecule has 2 aliphatic rings. The predicted octanol–water partition coefficient (Wildman–Crippen LogP) is 3.40. The number of nitrogens with two attached hydrogens (primary N) is 1. The Morgan fingerprint density at radius 1 is 1.15 bits per heavy atom. The summed E-state index contributed by atoms with van der Waals surface area (Å²) >= 11 is 0. The second-order valence-electron chi connectivity index (χ2n) is 6.51. The Kier molecular flexibility index (Phi) is 3.88. The minimum Gasteiger partial charge on any atom is -0.489 e. The standard InChI is InChI=1S/C17H26N2O/c1-12(2)20-17-11-14(3-6-16(17)18)13-7-9-19(10-8-13)15-4-5-15/h3,6,11-13,15H,4-5,7-10,18H2,1-2H3. The monoisotopic (exact) mass is 274 g/mol. The zero-order chi connectivity index (χ0) is 14.1. The number of piperidine rings is 1. The normalized spacial score (nSPS) is 21.4. The van der Waals surface area contributed by atoms with Crippen molar-refractivity contribution in [3.8, 4) is 5.75 Å². The molecule has 0 unspecified atom stereocenters. The molecule has 0 amide bonds. The zero-order valence-electron chi connectivity index (χ0n) is 12.6. The number of hydrogen-bond donors (Lipinski definition) is 1. The first kappa shape index (κ1) is 13.7. The van der Waals surface area contributed by atoms with Gasteiger partial charge < -0.3 is 15.4 Å². The van der Waals surface area contributed by atoms with Gasteiger partial charge in [-0.05, 0) is 76.2 Å². The highest BCUT2D eigenvalue weighted by Gasteiger charge is 2.32. The van der Waals surface area contributed by atoms with E-state index in [1.165, 1.54) is 44.3 Å². The molecule has 1 saturated heterocycles. The average Bonchev–Trinajstić information content (AvgIpc) is 3.25. The summed E-state index contributed by atoms with van der Waals surface area (Å²) in [6.45, 7) is 6.58. The molecule has 3 rings (SSSR count). The zero-order valence-corrected chi connectivity index (χ0v) is 12.6. The largest absolute Gasteiger partial charge is 0.489 e. The molecule has 1 aliphatic carbocycles. The Morgan fingerprint density at radius 3 is 2.45 bits per heavy atom. The molecule has 1 heterocycles. The van der Waals surface area contributed by atoms with Crippen LogP contribution in [0.5, 0.6) is 5.75 Å². The first-order valence-corrected chi connectivity index (χ1v) is 7.93. The fourth-order valence-corrected chi connectivity index (χ4v) is 3.20. The fraction of sp³-hybridized carbons (Fsp3) is 0.647. The van der Waals surface area contributed by atoms with Gasteiger partial charge in [0.2, 0.25) is 0 Å². The van der Waals surface area contributed by atoms with Crippen LogP contribution >= 0.6 is 0 Å². The molecule has 3 heteroatoms. The van der Waals surface area contributed by atoms with Crippen LogP contribution in [0.4, 0.5) is 5.69 Å². The Morgan fingerprint density at radius 2 is 1.85 bits per heavy atom. The smallest absolute Gasteiger partial charge is 0.142 e. The summed E-state index contributed by atoms with van der Waals surface area (Å²) in [7, 11) is 0. The lowest BCUT2D eigenvalue weighted by molar-refractivity contribution is 0.203. The van der Waals surface area contributed by atoms with E-state index in [4.69, 9.17) is 10.5 Å². The molecule has 1 saturated carbocycles. The molecule has 0 atom stereocenters. The summed E-state index contributed by atoms with van der Waals surface area (Å²) < 4.78 is 5.81. The molecular formula is C17H26N2O. The summed E-state index contributed by atoms with van der Waals surface area (Å²) in [6.07, 6.45) is 5.53. The van der Waals surface area contributed by atoms with E-state index in [0.717, 1.165) is 17.5 Å². The van der Waals surface area contributed by atoms with Crippen LogP contribution in [0.2, 0.25) is 0 Å². The van der Waals surface area contributed by atoms with Crippen LogP contribution in [-0.4, -0.2) is 30.1 Å². The highest BCUT2D eigenvalue weighted by Crippen LogP contribution is 2.36. The van der Waals surface area contributed by atoms with Crippen molar-refractivity contribution < 1.29 is 4.74 Å². The van der Waals surface area contributed by atoms with Crippen molar-refractivity contribution in [1.29, 1.82) is 0 Å². The van der Waals surface area contributed by atoms with Crippen molar-refractivity contribution in [2.45, 2.75) is 57.6 Å². The number of nitrogen functional groups attached to an aromatic ring is 1. The lowest BCUT2D eigenvalue weighted by Crippen LogP contribution is -2.34. The predicted molar refractivity (Wildman–Crippen MR) is 83.2 cm³/mol. The van der Waals surface area contributed by atoms with Crippen LogP contribution in [0, 0.1) is 0 Å². The molecule has 1 aromatic rings. The van der Waals surface area contributed by atoms with Gasteiger partial charge in [0.05, 0.1) is 11.8 Å². The molecule has 0 aromatic heterocycles. The number of hydrogen-bond acceptors (Lipinski definition) is 3. The summed E-state index contributed by atoms with van der Waals surface area (Å²) in [5.74, 6) is 1.52. The number of anilines is 1. The molecule has 0 radical (unpaired) electrons. The minimum atomic E-state index is 0.171. The molecule has 20 heavy (non-hydrogen) atoms. The number of rotatable bonds is 4. The maximum absolute atomic E-state index is 6.00. The SMILES string of the molecule is CC(C)Oc1cc(C2CCN(C3CC3)CC2)ccc1N. The van der Waals surface area contributed by atoms with Gasteiger partial charge in [0.1, 0.15) is 5.75 Å². The van der Waals surface area contributed by atoms with E-state index in [1.54, 1.807) is 0 Å². The van der Waals surface area contributed by atoms with Crippen molar-refractivity contribution in [2.75, 3.05) is 18.8 Å². The highest BCUT2D eigenvalue weighted by atomic mass is 16.5. The topological polar surface area (TPSA) is 38.5 Å². The second kappa shape index (κ2) is 5.65. The van der Waals surface area contributed by atoms with Crippen LogP contribution in [0.25, 0.3) is 0 Å². The van der Waals surface area contributed by atoms with Crippen molar-refractivity contribution >= 4 is 5.69 Å². The van der Waals surface area contributed by atoms with Gasteiger partial charge in [0.25, 0.3) is 0 Å². The summed E-state index contributed by atoms with van der Waals surface area (Å²) in [5, 5.41) is 0. The average molecular weight is 274 g/mol. The van der Waals surface area contributed by atoms with Crippen LogP contribution in [-0.2, 0) is 0 Å². The minimum absolute atomic E-state index is 0.171. The van der Waals surface area contributed by atoms with Crippen molar-refractivity contribution in [3.05, 3.63) is 23.8 Å². The maximum Gasteiger partial charge on any atom is 0.142 e. The van der Waals surface area contributed by atoms with Crippen LogP contribution in [0.3, 0.4) is 0 Å². The van der Waals surface area contributed by atoms with Gasteiger partial charge in [-0.3, -0.25) is 0 Å². The van der Waals surface area contributed by atoms with Gasteiger partial charge in [0, 0.05) is 6.04 Å². The third-order valence-corrected chi connectivity index (χ3v) is 4.46. The third kappa shape index (κ3) is 3.09. The first-order valence-electron chi connectivity index (χ1n) is 7.93. The molecule has 1 aliphatic heterocycles. The molecule has 0 spiro atoms. The Bertz CT molecular complexity index is 460. The lowest BCUT2D eigenvalue weighted by atomic mass is 9.89. The van der Waals surface area contributed by atoms with E-state index in [9.17, 15) is 0 Å². The van der Waals surface area contributed by atoms with Crippen molar-refractivity contribution in [1.82, 2.24) is 4.90 Å². The summed E-state index contributed by atoms with van der Waals surface area (Å²) in [6, 6.07) is 7.25. The Labute approximate surface area is 122 Å². The van der Waals surface area contributed by atoms with E-state index in [1.807, 2.05) is 19.9 Å². The van der Waals surface area contributed by atoms with Gasteiger partial charge in [0.15, 0.2) is 0 Å². The third-order valence-electron chi connectivity index (χ3n) is 4.46. The van der Waals surface area contributed by atoms with Crippen molar-refractivity contribution in [3.63, 3.8) is 0 Å². The molecule has 2 N–H and O–H groups in total. The lowest BCUT2D eigenvalue weighted by Gasteiger charge is -2.32. The first-order chi connectivity index (χ1) is 9.63. The number of likely N-dealkylation sites (tertiary alicyclic amines) is 1.